The standard InChI is InChI=1S/C25H28ClNO6/c1-5-7-10-27-21(15-8-9-18(28)19(13-15)33-6-2)20(23(30)25(27)31)22(29)16-11-14(3)12-17(26)24(16)32-4/h8-9,11-13,21,28-29H,5-7,10H2,1-4H3/b22-20+. The molecule has 2 N–H and O–H groups in total. The first kappa shape index (κ1) is 24.5. The normalized spacial score (nSPS) is 17.5. The van der Waals surface area contributed by atoms with Crippen molar-refractivity contribution in [2.45, 2.75) is 39.7 Å². The molecule has 0 bridgehead atoms. The third-order valence-corrected chi connectivity index (χ3v) is 5.82. The number of aryl methyl sites for hydroxylation is 1. The quantitative estimate of drug-likeness (QED) is 0.319. The molecule has 0 aliphatic carbocycles. The van der Waals surface area contributed by atoms with Crippen LogP contribution >= 0.6 is 11.6 Å². The summed E-state index contributed by atoms with van der Waals surface area (Å²) in [6, 6.07) is 7.12. The number of ether oxygens (including phenoxy) is 2. The molecule has 1 saturated heterocycles. The van der Waals surface area contributed by atoms with Gasteiger partial charge in [0.15, 0.2) is 11.5 Å². The number of unbranched alkanes of at least 4 members (excludes halogenated alkanes) is 1. The van der Waals surface area contributed by atoms with Gasteiger partial charge in [-0.1, -0.05) is 31.0 Å². The van der Waals surface area contributed by atoms with Gasteiger partial charge in [-0.15, -0.1) is 0 Å². The van der Waals surface area contributed by atoms with Crippen LogP contribution < -0.4 is 9.47 Å². The van der Waals surface area contributed by atoms with Crippen LogP contribution in [0.5, 0.6) is 17.2 Å². The molecule has 3 rings (SSSR count). The maximum absolute atomic E-state index is 13.2. The topological polar surface area (TPSA) is 96.3 Å². The zero-order valence-corrected chi connectivity index (χ0v) is 19.9. The number of carbonyl (C=O) groups excluding carboxylic acids is 2. The van der Waals surface area contributed by atoms with E-state index in [0.717, 1.165) is 12.0 Å². The van der Waals surface area contributed by atoms with E-state index in [1.165, 1.54) is 18.1 Å². The van der Waals surface area contributed by atoms with Crippen molar-refractivity contribution in [2.75, 3.05) is 20.3 Å². The summed E-state index contributed by atoms with van der Waals surface area (Å²) in [7, 11) is 1.42. The second-order valence-corrected chi connectivity index (χ2v) is 8.24. The number of halogens is 1. The largest absolute Gasteiger partial charge is 0.507 e. The van der Waals surface area contributed by atoms with Crippen molar-refractivity contribution in [1.29, 1.82) is 0 Å². The molecule has 0 radical (unpaired) electrons. The van der Waals surface area contributed by atoms with Gasteiger partial charge in [-0.2, -0.15) is 0 Å². The van der Waals surface area contributed by atoms with E-state index in [4.69, 9.17) is 21.1 Å². The predicted molar refractivity (Wildman–Crippen MR) is 126 cm³/mol. The number of ketones is 1. The van der Waals surface area contributed by atoms with E-state index >= 15 is 0 Å². The summed E-state index contributed by atoms with van der Waals surface area (Å²) in [5, 5.41) is 21.7. The van der Waals surface area contributed by atoms with Crippen molar-refractivity contribution >= 4 is 29.1 Å². The Morgan fingerprint density at radius 3 is 2.55 bits per heavy atom. The Morgan fingerprint density at radius 2 is 1.91 bits per heavy atom. The molecule has 176 valence electrons. The van der Waals surface area contributed by atoms with Crippen LogP contribution in [0.25, 0.3) is 5.76 Å². The third-order valence-electron chi connectivity index (χ3n) is 5.54. The maximum Gasteiger partial charge on any atom is 0.295 e. The van der Waals surface area contributed by atoms with Gasteiger partial charge >= 0.3 is 0 Å². The van der Waals surface area contributed by atoms with Crippen LogP contribution in [-0.4, -0.2) is 47.1 Å². The van der Waals surface area contributed by atoms with Crippen LogP contribution in [0.4, 0.5) is 0 Å². The SMILES string of the molecule is CCCCN1C(=O)C(=O)/C(=C(/O)c2cc(C)cc(Cl)c2OC)C1c1ccc(O)c(OCC)c1. The van der Waals surface area contributed by atoms with Gasteiger partial charge in [0.1, 0.15) is 11.5 Å². The minimum Gasteiger partial charge on any atom is -0.507 e. The molecule has 2 aromatic rings. The first-order chi connectivity index (χ1) is 15.7. The molecule has 1 aliphatic rings. The molecule has 1 heterocycles. The lowest BCUT2D eigenvalue weighted by atomic mass is 9.94. The first-order valence-corrected chi connectivity index (χ1v) is 11.2. The Kier molecular flexibility index (Phi) is 7.53. The molecule has 1 unspecified atom stereocenters. The lowest BCUT2D eigenvalue weighted by molar-refractivity contribution is -0.139. The molecule has 1 amide bonds. The smallest absolute Gasteiger partial charge is 0.295 e. The summed E-state index contributed by atoms with van der Waals surface area (Å²) in [6.07, 6.45) is 1.50. The molecule has 33 heavy (non-hydrogen) atoms. The van der Waals surface area contributed by atoms with Crippen LogP contribution in [0.1, 0.15) is 49.4 Å². The number of nitrogens with zero attached hydrogens (tertiary/aromatic N) is 1. The van der Waals surface area contributed by atoms with Gasteiger partial charge in [0.25, 0.3) is 11.7 Å². The molecule has 0 saturated carbocycles. The average Bonchev–Trinajstić information content (AvgIpc) is 3.03. The van der Waals surface area contributed by atoms with E-state index in [9.17, 15) is 19.8 Å². The fourth-order valence-electron chi connectivity index (χ4n) is 4.01. The van der Waals surface area contributed by atoms with Crippen LogP contribution in [-0.2, 0) is 9.59 Å². The van der Waals surface area contributed by atoms with Crippen molar-refractivity contribution < 1.29 is 29.3 Å². The second kappa shape index (κ2) is 10.2. The molecule has 2 aromatic carbocycles. The van der Waals surface area contributed by atoms with E-state index in [1.54, 1.807) is 38.1 Å². The predicted octanol–water partition coefficient (Wildman–Crippen LogP) is 4.98. The van der Waals surface area contributed by atoms with Crippen LogP contribution in [0.3, 0.4) is 0 Å². The van der Waals surface area contributed by atoms with Crippen molar-refractivity contribution in [3.8, 4) is 17.2 Å². The van der Waals surface area contributed by atoms with E-state index in [2.05, 4.69) is 0 Å². The van der Waals surface area contributed by atoms with Crippen LogP contribution in [0, 0.1) is 6.92 Å². The number of rotatable bonds is 8. The molecule has 1 aliphatic heterocycles. The van der Waals surface area contributed by atoms with Crippen LogP contribution in [0.2, 0.25) is 5.02 Å². The van der Waals surface area contributed by atoms with Crippen molar-refractivity contribution in [1.82, 2.24) is 4.90 Å². The number of aliphatic hydroxyl groups is 1. The number of amides is 1. The molecule has 1 fully saturated rings. The zero-order chi connectivity index (χ0) is 24.3. The lowest BCUT2D eigenvalue weighted by Crippen LogP contribution is -2.30. The number of Topliss-reactive ketones (excluding diaryl/α,β-unsaturated/α-hetero) is 1. The molecular formula is C25H28ClNO6. The van der Waals surface area contributed by atoms with Crippen molar-refractivity contribution in [3.05, 3.63) is 57.6 Å². The summed E-state index contributed by atoms with van der Waals surface area (Å²) in [4.78, 5) is 27.6. The Bertz CT molecular complexity index is 1110. The third kappa shape index (κ3) is 4.64. The number of phenolic OH excluding ortho intramolecular Hbond substituents is 1. The Labute approximate surface area is 198 Å². The number of benzene rings is 2. The van der Waals surface area contributed by atoms with Gasteiger partial charge < -0.3 is 24.6 Å². The lowest BCUT2D eigenvalue weighted by Gasteiger charge is -2.26. The fraction of sp³-hybridized carbons (Fsp3) is 0.360. The fourth-order valence-corrected chi connectivity index (χ4v) is 4.37. The summed E-state index contributed by atoms with van der Waals surface area (Å²) in [6.45, 7) is 6.23. The van der Waals surface area contributed by atoms with Gasteiger partial charge in [-0.25, -0.2) is 0 Å². The molecule has 0 aromatic heterocycles. The number of likely N-dealkylation sites (tertiary alicyclic amines) is 1. The summed E-state index contributed by atoms with van der Waals surface area (Å²) in [5.41, 5.74) is 1.45. The van der Waals surface area contributed by atoms with E-state index in [-0.39, 0.29) is 39.2 Å². The number of aromatic hydroxyl groups is 1. The molecule has 1 atom stereocenters. The van der Waals surface area contributed by atoms with Gasteiger partial charge in [0.05, 0.1) is 35.9 Å². The highest BCUT2D eigenvalue weighted by Crippen LogP contribution is 2.44. The number of phenols is 1. The minimum absolute atomic E-state index is 0.0572. The number of carbonyl (C=O) groups is 2. The average molecular weight is 474 g/mol. The van der Waals surface area contributed by atoms with E-state index < -0.39 is 17.7 Å². The molecular weight excluding hydrogens is 446 g/mol. The Balaban J connectivity index is 2.27. The van der Waals surface area contributed by atoms with Gasteiger partial charge in [-0.3, -0.25) is 9.59 Å². The van der Waals surface area contributed by atoms with Gasteiger partial charge in [0, 0.05) is 6.54 Å². The summed E-state index contributed by atoms with van der Waals surface area (Å²) >= 11 is 6.31. The zero-order valence-electron chi connectivity index (χ0n) is 19.1. The maximum atomic E-state index is 13.2. The number of hydrogen-bond donors (Lipinski definition) is 2. The molecule has 0 spiro atoms. The molecule has 7 nitrogen and oxygen atoms in total. The van der Waals surface area contributed by atoms with Crippen molar-refractivity contribution in [3.63, 3.8) is 0 Å². The Morgan fingerprint density at radius 1 is 1.18 bits per heavy atom. The van der Waals surface area contributed by atoms with E-state index in [0.29, 0.717) is 25.1 Å². The monoisotopic (exact) mass is 473 g/mol. The Hall–Kier alpha value is -3.19. The van der Waals surface area contributed by atoms with Gasteiger partial charge in [0.2, 0.25) is 0 Å². The number of hydrogen-bond acceptors (Lipinski definition) is 6. The second-order valence-electron chi connectivity index (χ2n) is 7.83. The summed E-state index contributed by atoms with van der Waals surface area (Å²) < 4.78 is 10.9. The molecule has 8 heteroatoms. The van der Waals surface area contributed by atoms with E-state index in [1.807, 2.05) is 6.92 Å². The minimum atomic E-state index is -0.861. The number of methoxy groups -OCH3 is 1. The first-order valence-electron chi connectivity index (χ1n) is 10.8. The van der Waals surface area contributed by atoms with Crippen LogP contribution in [0.15, 0.2) is 35.9 Å². The highest BCUT2D eigenvalue weighted by molar-refractivity contribution is 6.46. The summed E-state index contributed by atoms with van der Waals surface area (Å²) in [5.74, 6) is -1.48. The number of aliphatic hydroxyl groups excluding tert-OH is 1. The highest BCUT2D eigenvalue weighted by atomic mass is 35.5. The van der Waals surface area contributed by atoms with Crippen molar-refractivity contribution in [2.24, 2.45) is 0 Å². The highest BCUT2D eigenvalue weighted by Gasteiger charge is 2.46. The van der Waals surface area contributed by atoms with Gasteiger partial charge in [-0.05, 0) is 55.7 Å².